The maximum Gasteiger partial charge on any atom is 0.227 e. The van der Waals surface area contributed by atoms with E-state index in [2.05, 4.69) is 6.07 Å². The molecule has 0 saturated heterocycles. The van der Waals surface area contributed by atoms with Crippen LogP contribution >= 0.6 is 128 Å². The van der Waals surface area contributed by atoms with E-state index in [4.69, 9.17) is 128 Å². The Morgan fingerprint density at radius 3 is 1.52 bits per heavy atom. The number of halogens is 11. The second-order valence-corrected chi connectivity index (χ2v) is 11.3. The third-order valence-corrected chi connectivity index (χ3v) is 7.39. The Morgan fingerprint density at radius 2 is 1.14 bits per heavy atom. The second-order valence-electron chi connectivity index (χ2n) is 3.72. The molecule has 1 radical (unpaired) electrons. The van der Waals surface area contributed by atoms with Gasteiger partial charge in [-0.05, 0) is 0 Å². The lowest BCUT2D eigenvalue weighted by Crippen LogP contribution is -2.36. The highest BCUT2D eigenvalue weighted by Crippen LogP contribution is 2.60. The van der Waals surface area contributed by atoms with Crippen LogP contribution in [0.4, 0.5) is 0 Å². The molecule has 0 heterocycles. The van der Waals surface area contributed by atoms with E-state index in [1.165, 1.54) is 12.1 Å². The molecule has 1 aromatic carbocycles. The number of hydrogen-bond acceptors (Lipinski definition) is 0. The van der Waals surface area contributed by atoms with Gasteiger partial charge in [-0.2, -0.15) is 0 Å². The first kappa shape index (κ1) is 21.5. The molecule has 0 aromatic heterocycles. The Kier molecular flexibility index (Phi) is 7.11. The molecule has 0 nitrogen and oxygen atoms in total. The summed E-state index contributed by atoms with van der Waals surface area (Å²) in [5.74, 6) is 0. The standard InChI is InChI=1S/C10H2Cl11/c11-5-3-1-2-4(7(12,13)9(16,17)18)6(5)8(14,15)10(19,20)21/h1-2H. The summed E-state index contributed by atoms with van der Waals surface area (Å²) < 4.78 is -8.53. The molecular weight excluding hydrogens is 510 g/mol. The van der Waals surface area contributed by atoms with Crippen molar-refractivity contribution < 1.29 is 0 Å². The Bertz CT molecular complexity index is 523. The van der Waals surface area contributed by atoms with Crippen LogP contribution in [0.25, 0.3) is 0 Å². The van der Waals surface area contributed by atoms with Crippen LogP contribution in [0.5, 0.6) is 0 Å². The minimum absolute atomic E-state index is 0.0362. The SMILES string of the molecule is Clc1[c]ccc(C(Cl)(Cl)C(Cl)(Cl)Cl)c1C(Cl)(Cl)C(Cl)(Cl)Cl. The first-order valence-electron chi connectivity index (χ1n) is 4.74. The van der Waals surface area contributed by atoms with Crippen LogP contribution in [-0.4, -0.2) is 7.59 Å². The molecule has 0 spiro atoms. The average Bonchev–Trinajstić information content (AvgIpc) is 2.24. The van der Waals surface area contributed by atoms with Crippen molar-refractivity contribution in [1.82, 2.24) is 0 Å². The van der Waals surface area contributed by atoms with Crippen molar-refractivity contribution in [3.63, 3.8) is 0 Å². The lowest BCUT2D eigenvalue weighted by atomic mass is 10.0. The van der Waals surface area contributed by atoms with E-state index in [0.717, 1.165) is 0 Å². The largest absolute Gasteiger partial charge is 0.227 e. The highest BCUT2D eigenvalue weighted by atomic mass is 35.6. The second kappa shape index (κ2) is 6.96. The number of rotatable bonds is 2. The van der Waals surface area contributed by atoms with E-state index in [-0.39, 0.29) is 16.1 Å². The van der Waals surface area contributed by atoms with Gasteiger partial charge in [0.1, 0.15) is 0 Å². The predicted molar refractivity (Wildman–Crippen MR) is 97.6 cm³/mol. The third kappa shape index (κ3) is 4.33. The fourth-order valence-electron chi connectivity index (χ4n) is 1.33. The van der Waals surface area contributed by atoms with Gasteiger partial charge in [0.15, 0.2) is 8.67 Å². The molecule has 119 valence electrons. The minimum Gasteiger partial charge on any atom is -0.0915 e. The molecule has 21 heavy (non-hydrogen) atoms. The maximum atomic E-state index is 6.12. The first-order chi connectivity index (χ1) is 9.14. The summed E-state index contributed by atoms with van der Waals surface area (Å²) in [5.41, 5.74) is -0.169. The number of hydrogen-bond donors (Lipinski definition) is 0. The molecular formula is C10H2Cl11. The van der Waals surface area contributed by atoms with Crippen LogP contribution in [0, 0.1) is 6.07 Å². The van der Waals surface area contributed by atoms with Gasteiger partial charge in [0.2, 0.25) is 7.59 Å². The van der Waals surface area contributed by atoms with Crippen molar-refractivity contribution in [2.24, 2.45) is 0 Å². The van der Waals surface area contributed by atoms with Gasteiger partial charge < -0.3 is 0 Å². The van der Waals surface area contributed by atoms with Gasteiger partial charge >= 0.3 is 0 Å². The fourth-order valence-corrected chi connectivity index (χ4v) is 3.03. The topological polar surface area (TPSA) is 0 Å². The summed E-state index contributed by atoms with van der Waals surface area (Å²) in [6.45, 7) is 0. The highest BCUT2D eigenvalue weighted by molar-refractivity contribution is 6.76. The third-order valence-electron chi connectivity index (χ3n) is 2.31. The molecule has 0 unspecified atom stereocenters. The summed E-state index contributed by atoms with van der Waals surface area (Å²) in [4.78, 5) is 0. The molecule has 0 bridgehead atoms. The van der Waals surface area contributed by atoms with Crippen LogP contribution < -0.4 is 0 Å². The van der Waals surface area contributed by atoms with Gasteiger partial charge in [0.05, 0.1) is 5.02 Å². The van der Waals surface area contributed by atoms with E-state index < -0.39 is 16.3 Å². The molecule has 0 aliphatic rings. The monoisotopic (exact) mass is 507 g/mol. The molecule has 11 heteroatoms. The van der Waals surface area contributed by atoms with Gasteiger partial charge in [0, 0.05) is 17.2 Å². The predicted octanol–water partition coefficient (Wildman–Crippen LogP) is 8.14. The summed E-state index contributed by atoms with van der Waals surface area (Å²) in [6.07, 6.45) is 0. The van der Waals surface area contributed by atoms with E-state index in [1.807, 2.05) is 0 Å². The number of alkyl halides is 10. The van der Waals surface area contributed by atoms with Gasteiger partial charge in [0.25, 0.3) is 0 Å². The quantitative estimate of drug-likeness (QED) is 0.351. The Hall–Kier alpha value is 2.41. The van der Waals surface area contributed by atoms with Gasteiger partial charge in [-0.3, -0.25) is 0 Å². The number of benzene rings is 1. The molecule has 0 fully saturated rings. The summed E-state index contributed by atoms with van der Waals surface area (Å²) in [7, 11) is 0. The van der Waals surface area contributed by atoms with Crippen molar-refractivity contribution in [3.8, 4) is 0 Å². The lowest BCUT2D eigenvalue weighted by molar-refractivity contribution is 0.802. The molecule has 1 aromatic rings. The highest BCUT2D eigenvalue weighted by Gasteiger charge is 2.55. The van der Waals surface area contributed by atoms with Gasteiger partial charge in [-0.25, -0.2) is 0 Å². The van der Waals surface area contributed by atoms with Crippen molar-refractivity contribution in [2.45, 2.75) is 16.3 Å². The molecule has 0 aliphatic heterocycles. The molecule has 0 aliphatic carbocycles. The van der Waals surface area contributed by atoms with Crippen LogP contribution in [0.2, 0.25) is 5.02 Å². The van der Waals surface area contributed by atoms with Crippen molar-refractivity contribution in [3.05, 3.63) is 34.3 Å². The van der Waals surface area contributed by atoms with Crippen molar-refractivity contribution >= 4 is 128 Å². The summed E-state index contributed by atoms with van der Waals surface area (Å²) in [6, 6.07) is 5.34. The van der Waals surface area contributed by atoms with Crippen LogP contribution in [0.3, 0.4) is 0 Å². The summed E-state index contributed by atoms with van der Waals surface area (Å²) >= 11 is 65.2. The molecule has 1 rings (SSSR count). The lowest BCUT2D eigenvalue weighted by Gasteiger charge is -2.35. The van der Waals surface area contributed by atoms with Crippen LogP contribution in [-0.2, 0) is 8.67 Å². The zero-order chi connectivity index (χ0) is 16.9. The van der Waals surface area contributed by atoms with Crippen molar-refractivity contribution in [2.75, 3.05) is 0 Å². The Balaban J connectivity index is 3.71. The Morgan fingerprint density at radius 1 is 0.714 bits per heavy atom. The average molecular weight is 512 g/mol. The van der Waals surface area contributed by atoms with Crippen LogP contribution in [0.1, 0.15) is 11.1 Å². The summed E-state index contributed by atoms with van der Waals surface area (Å²) in [5, 5.41) is -0.0937. The van der Waals surface area contributed by atoms with E-state index in [9.17, 15) is 0 Å². The van der Waals surface area contributed by atoms with Crippen molar-refractivity contribution in [1.29, 1.82) is 0 Å². The molecule has 0 atom stereocenters. The molecule has 0 saturated carbocycles. The van der Waals surface area contributed by atoms with E-state index in [0.29, 0.717) is 0 Å². The Labute approximate surface area is 176 Å². The first-order valence-corrected chi connectivity index (χ1v) is 8.90. The smallest absolute Gasteiger partial charge is 0.0915 e. The molecule has 0 amide bonds. The normalized spacial score (nSPS) is 14.4. The van der Waals surface area contributed by atoms with Gasteiger partial charge in [-0.1, -0.05) is 140 Å². The van der Waals surface area contributed by atoms with E-state index in [1.54, 1.807) is 0 Å². The minimum atomic E-state index is -2.18. The zero-order valence-electron chi connectivity index (χ0n) is 9.31. The maximum absolute atomic E-state index is 6.12. The molecule has 0 N–H and O–H groups in total. The van der Waals surface area contributed by atoms with Gasteiger partial charge in [-0.15, -0.1) is 0 Å². The van der Waals surface area contributed by atoms with Crippen LogP contribution in [0.15, 0.2) is 12.1 Å². The zero-order valence-corrected chi connectivity index (χ0v) is 17.6. The van der Waals surface area contributed by atoms with E-state index >= 15 is 0 Å². The fraction of sp³-hybridized carbons (Fsp3) is 0.400.